The minimum atomic E-state index is 0. The van der Waals surface area contributed by atoms with Crippen LogP contribution in [0.3, 0.4) is 0 Å². The Hall–Kier alpha value is -1.35. The Morgan fingerprint density at radius 3 is 2.70 bits per heavy atom. The van der Waals surface area contributed by atoms with Crippen molar-refractivity contribution in [2.75, 3.05) is 7.05 Å². The second kappa shape index (κ2) is 7.96. The van der Waals surface area contributed by atoms with Gasteiger partial charge in [-0.15, -0.1) is 24.0 Å². The van der Waals surface area contributed by atoms with Gasteiger partial charge in [-0.25, -0.2) is 0 Å². The Morgan fingerprint density at radius 1 is 1.39 bits per heavy atom. The van der Waals surface area contributed by atoms with Crippen molar-refractivity contribution in [3.8, 4) is 11.4 Å². The SMILES string of the molecule is CN=C(NCc1nc(-c2ccc(Cl)cc2)no1)NC1CC1C.I. The molecule has 2 N–H and O–H groups in total. The third-order valence-corrected chi connectivity index (χ3v) is 3.88. The topological polar surface area (TPSA) is 75.3 Å². The normalized spacial score (nSPS) is 19.9. The fourth-order valence-electron chi connectivity index (χ4n) is 2.10. The van der Waals surface area contributed by atoms with E-state index in [4.69, 9.17) is 16.1 Å². The van der Waals surface area contributed by atoms with Crippen LogP contribution in [0.1, 0.15) is 19.2 Å². The highest BCUT2D eigenvalue weighted by Gasteiger charge is 2.33. The number of hydrogen-bond donors (Lipinski definition) is 2. The molecule has 1 heterocycles. The van der Waals surface area contributed by atoms with E-state index in [1.807, 2.05) is 12.1 Å². The van der Waals surface area contributed by atoms with Crippen LogP contribution >= 0.6 is 35.6 Å². The van der Waals surface area contributed by atoms with Crippen LogP contribution in [0, 0.1) is 5.92 Å². The van der Waals surface area contributed by atoms with Crippen LogP contribution in [-0.4, -0.2) is 29.2 Å². The zero-order chi connectivity index (χ0) is 15.5. The third-order valence-electron chi connectivity index (χ3n) is 3.63. The molecule has 1 saturated carbocycles. The fourth-order valence-corrected chi connectivity index (χ4v) is 2.22. The lowest BCUT2D eigenvalue weighted by molar-refractivity contribution is 0.375. The number of rotatable bonds is 4. The number of halogens is 2. The van der Waals surface area contributed by atoms with Crippen molar-refractivity contribution in [1.29, 1.82) is 0 Å². The number of guanidine groups is 1. The van der Waals surface area contributed by atoms with E-state index in [1.54, 1.807) is 19.2 Å². The molecule has 0 amide bonds. The summed E-state index contributed by atoms with van der Waals surface area (Å²) in [4.78, 5) is 8.54. The van der Waals surface area contributed by atoms with Gasteiger partial charge in [-0.1, -0.05) is 23.7 Å². The molecular formula is C15H19ClIN5O. The molecule has 1 aromatic carbocycles. The minimum absolute atomic E-state index is 0. The molecule has 8 heteroatoms. The van der Waals surface area contributed by atoms with Crippen LogP contribution in [0.2, 0.25) is 5.02 Å². The van der Waals surface area contributed by atoms with Crippen molar-refractivity contribution >= 4 is 41.5 Å². The molecule has 0 saturated heterocycles. The lowest BCUT2D eigenvalue weighted by Gasteiger charge is -2.09. The molecule has 124 valence electrons. The summed E-state index contributed by atoms with van der Waals surface area (Å²) in [5, 5.41) is 11.2. The van der Waals surface area contributed by atoms with E-state index in [0.717, 1.165) is 11.5 Å². The average molecular weight is 448 g/mol. The van der Waals surface area contributed by atoms with E-state index < -0.39 is 0 Å². The molecule has 0 bridgehead atoms. The number of nitrogens with one attached hydrogen (secondary N) is 2. The van der Waals surface area contributed by atoms with E-state index in [-0.39, 0.29) is 24.0 Å². The zero-order valence-electron chi connectivity index (χ0n) is 12.9. The zero-order valence-corrected chi connectivity index (χ0v) is 16.0. The molecule has 1 aromatic heterocycles. The first-order valence-corrected chi connectivity index (χ1v) is 7.59. The second-order valence-corrected chi connectivity index (χ2v) is 5.84. The average Bonchev–Trinajstić information content (AvgIpc) is 3.01. The van der Waals surface area contributed by atoms with Gasteiger partial charge in [-0.3, -0.25) is 4.99 Å². The third kappa shape index (κ3) is 4.81. The maximum atomic E-state index is 5.87. The minimum Gasteiger partial charge on any atom is -0.353 e. The molecule has 1 aliphatic rings. The van der Waals surface area contributed by atoms with Gasteiger partial charge in [0.1, 0.15) is 0 Å². The summed E-state index contributed by atoms with van der Waals surface area (Å²) in [5.74, 6) is 2.52. The number of aliphatic imine (C=N–C) groups is 1. The van der Waals surface area contributed by atoms with Gasteiger partial charge < -0.3 is 15.2 Å². The van der Waals surface area contributed by atoms with Crippen LogP contribution in [0.5, 0.6) is 0 Å². The van der Waals surface area contributed by atoms with Gasteiger partial charge in [0, 0.05) is 23.7 Å². The Bertz CT molecular complexity index is 673. The van der Waals surface area contributed by atoms with Crippen molar-refractivity contribution in [3.05, 3.63) is 35.2 Å². The molecule has 0 spiro atoms. The number of benzene rings is 1. The number of hydrogen-bond acceptors (Lipinski definition) is 4. The lowest BCUT2D eigenvalue weighted by atomic mass is 10.2. The van der Waals surface area contributed by atoms with Crippen molar-refractivity contribution in [2.45, 2.75) is 25.9 Å². The molecule has 6 nitrogen and oxygen atoms in total. The van der Waals surface area contributed by atoms with Crippen LogP contribution in [-0.2, 0) is 6.54 Å². The Labute approximate surface area is 157 Å². The largest absolute Gasteiger partial charge is 0.353 e. The quantitative estimate of drug-likeness (QED) is 0.428. The van der Waals surface area contributed by atoms with Crippen molar-refractivity contribution < 1.29 is 4.52 Å². The highest BCUT2D eigenvalue weighted by Crippen LogP contribution is 2.28. The van der Waals surface area contributed by atoms with Crippen molar-refractivity contribution in [1.82, 2.24) is 20.8 Å². The van der Waals surface area contributed by atoms with E-state index in [9.17, 15) is 0 Å². The summed E-state index contributed by atoms with van der Waals surface area (Å²) < 4.78 is 5.25. The summed E-state index contributed by atoms with van der Waals surface area (Å²) in [6, 6.07) is 7.83. The molecule has 0 aliphatic heterocycles. The first-order valence-electron chi connectivity index (χ1n) is 7.21. The molecule has 1 fully saturated rings. The van der Waals surface area contributed by atoms with E-state index >= 15 is 0 Å². The van der Waals surface area contributed by atoms with Crippen LogP contribution in [0.4, 0.5) is 0 Å². The molecule has 1 aliphatic carbocycles. The standard InChI is InChI=1S/C15H18ClN5O.HI/c1-9-7-12(9)19-15(17-2)18-8-13-20-14(21-22-13)10-3-5-11(16)6-4-10;/h3-6,9,12H,7-8H2,1-2H3,(H2,17,18,19);1H. The Balaban J connectivity index is 0.00000192. The van der Waals surface area contributed by atoms with Gasteiger partial charge in [-0.05, 0) is 36.6 Å². The van der Waals surface area contributed by atoms with Crippen molar-refractivity contribution in [3.63, 3.8) is 0 Å². The van der Waals surface area contributed by atoms with E-state index in [0.29, 0.717) is 35.2 Å². The van der Waals surface area contributed by atoms with Gasteiger partial charge in [-0.2, -0.15) is 4.98 Å². The fraction of sp³-hybridized carbons (Fsp3) is 0.400. The van der Waals surface area contributed by atoms with Crippen LogP contribution < -0.4 is 10.6 Å². The molecule has 3 rings (SSSR count). The molecular weight excluding hydrogens is 429 g/mol. The summed E-state index contributed by atoms with van der Waals surface area (Å²) in [7, 11) is 1.75. The summed E-state index contributed by atoms with van der Waals surface area (Å²) >= 11 is 5.87. The summed E-state index contributed by atoms with van der Waals surface area (Å²) in [6.45, 7) is 2.64. The smallest absolute Gasteiger partial charge is 0.246 e. The Morgan fingerprint density at radius 2 is 2.09 bits per heavy atom. The molecule has 2 unspecified atom stereocenters. The van der Waals surface area contributed by atoms with Gasteiger partial charge >= 0.3 is 0 Å². The highest BCUT2D eigenvalue weighted by atomic mass is 127. The predicted molar refractivity (Wildman–Crippen MR) is 101 cm³/mol. The van der Waals surface area contributed by atoms with Crippen molar-refractivity contribution in [2.24, 2.45) is 10.9 Å². The molecule has 2 atom stereocenters. The van der Waals surface area contributed by atoms with E-state index in [1.165, 1.54) is 6.42 Å². The van der Waals surface area contributed by atoms with Crippen LogP contribution in [0.25, 0.3) is 11.4 Å². The second-order valence-electron chi connectivity index (χ2n) is 5.41. The maximum absolute atomic E-state index is 5.87. The number of aromatic nitrogens is 2. The maximum Gasteiger partial charge on any atom is 0.246 e. The summed E-state index contributed by atoms with van der Waals surface area (Å²) in [5.41, 5.74) is 0.869. The first kappa shape index (κ1) is 18.0. The molecule has 23 heavy (non-hydrogen) atoms. The monoisotopic (exact) mass is 447 g/mol. The number of nitrogens with zero attached hydrogens (tertiary/aromatic N) is 3. The van der Waals surface area contributed by atoms with Crippen LogP contribution in [0.15, 0.2) is 33.8 Å². The van der Waals surface area contributed by atoms with E-state index in [2.05, 4.69) is 32.7 Å². The van der Waals surface area contributed by atoms with Gasteiger partial charge in [0.05, 0.1) is 6.54 Å². The first-order chi connectivity index (χ1) is 10.7. The molecule has 2 aromatic rings. The Kier molecular flexibility index (Phi) is 6.23. The van der Waals surface area contributed by atoms with Gasteiger partial charge in [0.15, 0.2) is 5.96 Å². The van der Waals surface area contributed by atoms with Gasteiger partial charge in [0.25, 0.3) is 0 Å². The summed E-state index contributed by atoms with van der Waals surface area (Å²) in [6.07, 6.45) is 1.18. The molecule has 0 radical (unpaired) electrons. The predicted octanol–water partition coefficient (Wildman–Crippen LogP) is 3.08. The lowest BCUT2D eigenvalue weighted by Crippen LogP contribution is -2.38. The van der Waals surface area contributed by atoms with Gasteiger partial charge in [0.2, 0.25) is 11.7 Å². The highest BCUT2D eigenvalue weighted by molar-refractivity contribution is 14.0.